The zero-order chi connectivity index (χ0) is 29.2. The van der Waals surface area contributed by atoms with Gasteiger partial charge in [-0.3, -0.25) is 14.3 Å². The van der Waals surface area contributed by atoms with E-state index < -0.39 is 5.82 Å². The van der Waals surface area contributed by atoms with E-state index in [0.717, 1.165) is 29.8 Å². The van der Waals surface area contributed by atoms with Crippen LogP contribution in [0.15, 0.2) is 54.9 Å². The summed E-state index contributed by atoms with van der Waals surface area (Å²) < 4.78 is 23.7. The number of nitrogens with one attached hydrogen (secondary N) is 1. The molecule has 0 aliphatic carbocycles. The Morgan fingerprint density at radius 1 is 1.05 bits per heavy atom. The number of hydrogen-bond acceptors (Lipinski definition) is 6. The minimum absolute atomic E-state index is 0. The molecule has 1 fully saturated rings. The van der Waals surface area contributed by atoms with Crippen LogP contribution in [0.5, 0.6) is 5.75 Å². The number of aromatic nitrogens is 4. The minimum Gasteiger partial charge on any atom is -0.496 e. The third kappa shape index (κ3) is 5.39. The highest BCUT2D eigenvalue weighted by Crippen LogP contribution is 2.40. The third-order valence-electron chi connectivity index (χ3n) is 8.15. The molecule has 10 nitrogen and oxygen atoms in total. The summed E-state index contributed by atoms with van der Waals surface area (Å²) >= 11 is 0. The Morgan fingerprint density at radius 2 is 1.86 bits per heavy atom. The summed E-state index contributed by atoms with van der Waals surface area (Å²) in [5, 5.41) is 8.32. The molecule has 0 saturated carbocycles. The van der Waals surface area contributed by atoms with Crippen molar-refractivity contribution in [1.29, 1.82) is 0 Å². The molecular weight excluding hydrogens is 537 g/mol. The van der Waals surface area contributed by atoms with Crippen LogP contribution in [0.2, 0.25) is 0 Å². The molecule has 11 heteroatoms. The molecule has 4 aromatic rings. The van der Waals surface area contributed by atoms with Gasteiger partial charge in [-0.05, 0) is 42.8 Å². The number of carbonyl (C=O) groups excluding carboxylic acids is 2. The van der Waals surface area contributed by atoms with E-state index in [9.17, 15) is 9.59 Å². The van der Waals surface area contributed by atoms with Crippen molar-refractivity contribution < 1.29 is 20.1 Å². The van der Waals surface area contributed by atoms with Gasteiger partial charge in [0.15, 0.2) is 5.82 Å². The van der Waals surface area contributed by atoms with Gasteiger partial charge in [-0.1, -0.05) is 29.5 Å². The first kappa shape index (κ1) is 27.6. The second kappa shape index (κ2) is 11.8. The molecule has 2 aromatic heterocycles. The van der Waals surface area contributed by atoms with Gasteiger partial charge in [-0.15, -0.1) is 5.10 Å². The zero-order valence-corrected chi connectivity index (χ0v) is 23.8. The Morgan fingerprint density at radius 3 is 2.62 bits per heavy atom. The van der Waals surface area contributed by atoms with Gasteiger partial charge in [0, 0.05) is 69.8 Å². The topological polar surface area (TPSA) is 99.6 Å². The molecular formula is C31H36FN7O3. The number of nitrogens with zero attached hydrogens (tertiary/aromatic N) is 6. The summed E-state index contributed by atoms with van der Waals surface area (Å²) in [5.41, 5.74) is 3.29. The number of rotatable bonds is 7. The van der Waals surface area contributed by atoms with Gasteiger partial charge < -0.3 is 24.4 Å². The van der Waals surface area contributed by atoms with Crippen molar-refractivity contribution in [2.45, 2.75) is 19.4 Å². The summed E-state index contributed by atoms with van der Waals surface area (Å²) in [6.45, 7) is 4.10. The van der Waals surface area contributed by atoms with Crippen LogP contribution in [0.3, 0.4) is 0 Å². The van der Waals surface area contributed by atoms with E-state index in [0.29, 0.717) is 55.0 Å². The highest BCUT2D eigenvalue weighted by atomic mass is 19.1. The number of amides is 2. The molecule has 1 N–H and O–H groups in total. The number of aromatic amines is 1. The molecule has 42 heavy (non-hydrogen) atoms. The van der Waals surface area contributed by atoms with Crippen molar-refractivity contribution in [3.8, 4) is 16.9 Å². The number of piperazine rings is 1. The summed E-state index contributed by atoms with van der Waals surface area (Å²) in [7, 11) is 3.64. The van der Waals surface area contributed by atoms with Gasteiger partial charge in [0.05, 0.1) is 25.4 Å². The second-order valence-electron chi connectivity index (χ2n) is 10.8. The first-order valence-corrected chi connectivity index (χ1v) is 14.2. The molecule has 2 aliphatic rings. The maximum absolute atomic E-state index is 16.4. The Balaban J connectivity index is 0.00000368. The second-order valence-corrected chi connectivity index (χ2v) is 10.8. The van der Waals surface area contributed by atoms with E-state index in [-0.39, 0.29) is 31.7 Å². The number of carbonyl (C=O) groups is 2. The fourth-order valence-electron chi connectivity index (χ4n) is 5.75. The van der Waals surface area contributed by atoms with Crippen LogP contribution in [0.1, 0.15) is 30.3 Å². The standard InChI is InChI=1S/C31H34FN7O3.H2/c1-36-14-16-37(17-15-36)31(41)26-19-25-24(22-7-3-4-8-27(22)42-2)18-23(29(32)30(25)34-26)21-6-5-11-38(20-21)28(40)9-12-39-13-10-33-35-39;/h3-4,6-8,10,13,18-19,34H,5,9,11-12,14-17,20H2,1-2H3;1H. The SMILES string of the molecule is COc1ccccc1-c1cc(C2=CCCN(C(=O)CCn3ccnn3)C2)c(F)c2[nH]c(C(=O)N3CCN(C)CC3)cc12.[HH]. The fraction of sp³-hybridized carbons (Fsp3) is 0.355. The van der Waals surface area contributed by atoms with Crippen molar-refractivity contribution in [2.24, 2.45) is 0 Å². The Hall–Kier alpha value is -4.51. The van der Waals surface area contributed by atoms with E-state index in [1.165, 1.54) is 0 Å². The molecule has 2 amide bonds. The predicted molar refractivity (Wildman–Crippen MR) is 160 cm³/mol. The molecule has 0 unspecified atom stereocenters. The number of methoxy groups -OCH3 is 1. The Labute approximate surface area is 244 Å². The lowest BCUT2D eigenvalue weighted by atomic mass is 9.93. The van der Waals surface area contributed by atoms with Gasteiger partial charge in [0.1, 0.15) is 11.4 Å². The number of hydrogen-bond donors (Lipinski definition) is 1. The van der Waals surface area contributed by atoms with Crippen LogP contribution in [-0.2, 0) is 11.3 Å². The number of ether oxygens (including phenoxy) is 1. The largest absolute Gasteiger partial charge is 0.496 e. The lowest BCUT2D eigenvalue weighted by Gasteiger charge is -2.32. The van der Waals surface area contributed by atoms with E-state index in [2.05, 4.69) is 20.2 Å². The van der Waals surface area contributed by atoms with Crippen LogP contribution >= 0.6 is 0 Å². The normalized spacial score (nSPS) is 16.1. The van der Waals surface area contributed by atoms with Crippen LogP contribution in [0, 0.1) is 5.82 Å². The number of fused-ring (bicyclic) bond motifs is 1. The van der Waals surface area contributed by atoms with Gasteiger partial charge >= 0.3 is 0 Å². The molecule has 2 aromatic carbocycles. The predicted octanol–water partition coefficient (Wildman–Crippen LogP) is 3.91. The van der Waals surface area contributed by atoms with Gasteiger partial charge in [-0.2, -0.15) is 0 Å². The maximum Gasteiger partial charge on any atom is 0.270 e. The van der Waals surface area contributed by atoms with E-state index in [4.69, 9.17) is 4.74 Å². The van der Waals surface area contributed by atoms with Gasteiger partial charge in [0.25, 0.3) is 5.91 Å². The van der Waals surface area contributed by atoms with Crippen molar-refractivity contribution >= 4 is 28.3 Å². The Kier molecular flexibility index (Phi) is 7.75. The highest BCUT2D eigenvalue weighted by molar-refractivity contribution is 6.05. The molecule has 0 bridgehead atoms. The van der Waals surface area contributed by atoms with E-state index in [1.807, 2.05) is 43.5 Å². The zero-order valence-electron chi connectivity index (χ0n) is 23.8. The lowest BCUT2D eigenvalue weighted by molar-refractivity contribution is -0.131. The van der Waals surface area contributed by atoms with Crippen molar-refractivity contribution in [2.75, 3.05) is 53.4 Å². The van der Waals surface area contributed by atoms with Gasteiger partial charge in [0.2, 0.25) is 5.91 Å². The summed E-state index contributed by atoms with van der Waals surface area (Å²) in [6, 6.07) is 11.2. The fourth-order valence-corrected chi connectivity index (χ4v) is 5.75. The molecule has 6 rings (SSSR count). The summed E-state index contributed by atoms with van der Waals surface area (Å²) in [6.07, 6.45) is 6.19. The lowest BCUT2D eigenvalue weighted by Crippen LogP contribution is -2.47. The molecule has 1 saturated heterocycles. The average Bonchev–Trinajstić information content (AvgIpc) is 3.71. The summed E-state index contributed by atoms with van der Waals surface area (Å²) in [5.74, 6) is 0.0333. The molecule has 2 aliphatic heterocycles. The highest BCUT2D eigenvalue weighted by Gasteiger charge is 2.27. The van der Waals surface area contributed by atoms with Crippen LogP contribution < -0.4 is 4.74 Å². The van der Waals surface area contributed by atoms with E-state index >= 15 is 4.39 Å². The van der Waals surface area contributed by atoms with Crippen molar-refractivity contribution in [1.82, 2.24) is 34.7 Å². The quantitative estimate of drug-likeness (QED) is 0.360. The summed E-state index contributed by atoms with van der Waals surface area (Å²) in [4.78, 5) is 35.4. The molecule has 4 heterocycles. The maximum atomic E-state index is 16.4. The number of benzene rings is 2. The van der Waals surface area contributed by atoms with E-state index in [1.54, 1.807) is 40.1 Å². The van der Waals surface area contributed by atoms with Crippen LogP contribution in [0.25, 0.3) is 27.6 Å². The smallest absolute Gasteiger partial charge is 0.270 e. The number of aryl methyl sites for hydroxylation is 1. The van der Waals surface area contributed by atoms with Crippen LogP contribution in [-0.4, -0.2) is 99.9 Å². The van der Waals surface area contributed by atoms with Gasteiger partial charge in [-0.25, -0.2) is 4.39 Å². The minimum atomic E-state index is -0.441. The first-order valence-electron chi connectivity index (χ1n) is 14.2. The molecule has 0 spiro atoms. The molecule has 0 radical (unpaired) electrons. The first-order chi connectivity index (χ1) is 20.4. The third-order valence-corrected chi connectivity index (χ3v) is 8.15. The van der Waals surface area contributed by atoms with Crippen LogP contribution in [0.4, 0.5) is 4.39 Å². The number of halogens is 1. The molecule has 220 valence electrons. The Bertz CT molecular complexity index is 1640. The van der Waals surface area contributed by atoms with Crippen molar-refractivity contribution in [3.05, 3.63) is 71.9 Å². The monoisotopic (exact) mass is 573 g/mol. The number of likely N-dealkylation sites (N-methyl/N-ethyl adjacent to an activating group) is 1. The number of H-pyrrole nitrogens is 1. The molecule has 0 atom stereocenters. The average molecular weight is 574 g/mol. The number of para-hydroxylation sites is 1. The van der Waals surface area contributed by atoms with Crippen molar-refractivity contribution in [3.63, 3.8) is 0 Å².